The van der Waals surface area contributed by atoms with Gasteiger partial charge in [0.1, 0.15) is 0 Å². The summed E-state index contributed by atoms with van der Waals surface area (Å²) < 4.78 is 0. The number of nitrogens with zero attached hydrogens (tertiary/aromatic N) is 2. The van der Waals surface area contributed by atoms with Crippen LogP contribution in [0, 0.1) is 0 Å². The van der Waals surface area contributed by atoms with E-state index in [9.17, 15) is 9.59 Å². The largest absolute Gasteiger partial charge is 0.350 e. The molecule has 0 aliphatic carbocycles. The van der Waals surface area contributed by atoms with Crippen molar-refractivity contribution in [2.24, 2.45) is 0 Å². The predicted molar refractivity (Wildman–Crippen MR) is 126 cm³/mol. The Morgan fingerprint density at radius 1 is 0.812 bits per heavy atom. The van der Waals surface area contributed by atoms with E-state index < -0.39 is 0 Å². The molecule has 1 saturated heterocycles. The molecule has 3 aromatic rings. The van der Waals surface area contributed by atoms with Crippen molar-refractivity contribution >= 4 is 17.5 Å². The summed E-state index contributed by atoms with van der Waals surface area (Å²) in [6.45, 7) is 2.05. The van der Waals surface area contributed by atoms with Crippen LogP contribution in [-0.4, -0.2) is 41.9 Å². The molecule has 5 heteroatoms. The second kappa shape index (κ2) is 8.97. The van der Waals surface area contributed by atoms with Crippen molar-refractivity contribution in [1.82, 2.24) is 10.2 Å². The first-order chi connectivity index (χ1) is 15.7. The minimum atomic E-state index is -0.0369. The molecule has 0 radical (unpaired) electrons. The molecule has 2 aliphatic heterocycles. The van der Waals surface area contributed by atoms with Gasteiger partial charge in [0.05, 0.1) is 0 Å². The molecular weight excluding hydrogens is 398 g/mol. The number of rotatable bonds is 4. The van der Waals surface area contributed by atoms with Gasteiger partial charge in [0.2, 0.25) is 0 Å². The van der Waals surface area contributed by atoms with Gasteiger partial charge in [-0.25, -0.2) is 0 Å². The average molecular weight is 426 g/mol. The summed E-state index contributed by atoms with van der Waals surface area (Å²) >= 11 is 0. The van der Waals surface area contributed by atoms with Crippen LogP contribution >= 0.6 is 0 Å². The molecule has 0 aromatic heterocycles. The molecule has 0 saturated carbocycles. The summed E-state index contributed by atoms with van der Waals surface area (Å²) in [5.74, 6) is 0.00545. The first-order valence-electron chi connectivity index (χ1n) is 11.2. The maximum absolute atomic E-state index is 13.4. The fourth-order valence-electron chi connectivity index (χ4n) is 4.93. The van der Waals surface area contributed by atoms with E-state index in [0.29, 0.717) is 24.2 Å². The molecule has 0 bridgehead atoms. The molecule has 2 aliphatic rings. The molecule has 5 nitrogen and oxygen atoms in total. The lowest BCUT2D eigenvalue weighted by atomic mass is 10.1. The number of carbonyl (C=O) groups excluding carboxylic acids is 2. The Kier molecular flexibility index (Phi) is 5.73. The third kappa shape index (κ3) is 4.04. The topological polar surface area (TPSA) is 52.7 Å². The minimum Gasteiger partial charge on any atom is -0.350 e. The quantitative estimate of drug-likeness (QED) is 0.685. The molecule has 3 aromatic carbocycles. The Balaban J connectivity index is 1.35. The Bertz CT molecular complexity index is 1100. The molecule has 2 atom stereocenters. The number of hydrogen-bond donors (Lipinski definition) is 1. The zero-order valence-electron chi connectivity index (χ0n) is 18.0. The number of para-hydroxylation sites is 1. The first-order valence-corrected chi connectivity index (χ1v) is 11.2. The van der Waals surface area contributed by atoms with Crippen molar-refractivity contribution in [2.45, 2.75) is 31.5 Å². The highest BCUT2D eigenvalue weighted by Gasteiger charge is 2.38. The van der Waals surface area contributed by atoms with Gasteiger partial charge in [-0.1, -0.05) is 54.6 Å². The van der Waals surface area contributed by atoms with E-state index >= 15 is 0 Å². The number of carbonyl (C=O) groups is 2. The van der Waals surface area contributed by atoms with Crippen LogP contribution in [0.25, 0.3) is 0 Å². The summed E-state index contributed by atoms with van der Waals surface area (Å²) in [6.07, 6.45) is 2.02. The van der Waals surface area contributed by atoms with Crippen LogP contribution in [0.15, 0.2) is 84.9 Å². The Hall–Kier alpha value is -3.44. The van der Waals surface area contributed by atoms with Gasteiger partial charge < -0.3 is 10.2 Å². The number of nitrogens with one attached hydrogen (secondary N) is 1. The molecule has 5 rings (SSSR count). The van der Waals surface area contributed by atoms with Crippen molar-refractivity contribution in [1.29, 1.82) is 0 Å². The number of fused-ring (bicyclic) bond motifs is 2. The summed E-state index contributed by atoms with van der Waals surface area (Å²) in [5.41, 5.74) is 3.53. The van der Waals surface area contributed by atoms with Gasteiger partial charge in [0.25, 0.3) is 11.8 Å². The van der Waals surface area contributed by atoms with E-state index in [1.807, 2.05) is 83.8 Å². The lowest BCUT2D eigenvalue weighted by Gasteiger charge is -2.29. The van der Waals surface area contributed by atoms with E-state index in [1.54, 1.807) is 0 Å². The lowest BCUT2D eigenvalue weighted by Crippen LogP contribution is -2.45. The standard InChI is InChI=1S/C27H27N3O2/c31-26(20-9-3-1-4-10-20)28-17-23-15-16-24-19-30(27(32)21-11-5-2-6-12-21)25-14-8-7-13-22(25)18-29(23)24/h1-14,23-24H,15-19H2,(H,28,31)/t23-,24-/m0/s1. The summed E-state index contributed by atoms with van der Waals surface area (Å²) in [4.78, 5) is 30.4. The number of anilines is 1. The normalized spacial score (nSPS) is 20.2. The van der Waals surface area contributed by atoms with Crippen LogP contribution in [-0.2, 0) is 6.54 Å². The van der Waals surface area contributed by atoms with Gasteiger partial charge in [-0.15, -0.1) is 0 Å². The van der Waals surface area contributed by atoms with Crippen LogP contribution in [0.4, 0.5) is 5.69 Å². The second-order valence-corrected chi connectivity index (χ2v) is 8.54. The smallest absolute Gasteiger partial charge is 0.258 e. The summed E-state index contributed by atoms with van der Waals surface area (Å²) in [7, 11) is 0. The van der Waals surface area contributed by atoms with Crippen LogP contribution in [0.5, 0.6) is 0 Å². The first kappa shape index (κ1) is 20.5. The van der Waals surface area contributed by atoms with E-state index in [1.165, 1.54) is 0 Å². The van der Waals surface area contributed by atoms with E-state index in [-0.39, 0.29) is 23.9 Å². The third-order valence-electron chi connectivity index (χ3n) is 6.60. The predicted octanol–water partition coefficient (Wildman–Crippen LogP) is 4.11. The van der Waals surface area contributed by atoms with Crippen LogP contribution in [0.3, 0.4) is 0 Å². The van der Waals surface area contributed by atoms with Crippen LogP contribution in [0.1, 0.15) is 39.1 Å². The third-order valence-corrected chi connectivity index (χ3v) is 6.60. The van der Waals surface area contributed by atoms with Gasteiger partial charge in [0.15, 0.2) is 0 Å². The fourth-order valence-corrected chi connectivity index (χ4v) is 4.93. The highest BCUT2D eigenvalue weighted by molar-refractivity contribution is 6.06. The van der Waals surface area contributed by atoms with E-state index in [2.05, 4.69) is 16.3 Å². The number of benzene rings is 3. The maximum Gasteiger partial charge on any atom is 0.258 e. The molecular formula is C27H27N3O2. The summed E-state index contributed by atoms with van der Waals surface area (Å²) in [6, 6.07) is 27.6. The van der Waals surface area contributed by atoms with Gasteiger partial charge in [-0.05, 0) is 48.7 Å². The zero-order valence-corrected chi connectivity index (χ0v) is 18.0. The molecule has 2 amide bonds. The molecule has 0 spiro atoms. The van der Waals surface area contributed by atoms with E-state index in [4.69, 9.17) is 0 Å². The second-order valence-electron chi connectivity index (χ2n) is 8.54. The van der Waals surface area contributed by atoms with Crippen molar-refractivity contribution in [3.8, 4) is 0 Å². The van der Waals surface area contributed by atoms with E-state index in [0.717, 1.165) is 30.6 Å². The summed E-state index contributed by atoms with van der Waals surface area (Å²) in [5, 5.41) is 3.12. The van der Waals surface area contributed by atoms with Gasteiger partial charge in [-0.3, -0.25) is 14.5 Å². The van der Waals surface area contributed by atoms with Crippen molar-refractivity contribution in [3.05, 3.63) is 102 Å². The SMILES string of the molecule is O=C(NC[C@@H]1CC[C@H]2CN(C(=O)c3ccccc3)c3ccccc3CN12)c1ccccc1. The van der Waals surface area contributed by atoms with Crippen molar-refractivity contribution < 1.29 is 9.59 Å². The molecule has 1 N–H and O–H groups in total. The molecule has 2 heterocycles. The highest BCUT2D eigenvalue weighted by Crippen LogP contribution is 2.35. The lowest BCUT2D eigenvalue weighted by molar-refractivity contribution is 0.0934. The molecule has 32 heavy (non-hydrogen) atoms. The Morgan fingerprint density at radius 3 is 2.22 bits per heavy atom. The minimum absolute atomic E-state index is 0.0369. The molecule has 0 unspecified atom stereocenters. The molecule has 1 fully saturated rings. The number of hydrogen-bond acceptors (Lipinski definition) is 3. The van der Waals surface area contributed by atoms with Crippen molar-refractivity contribution in [3.63, 3.8) is 0 Å². The molecule has 162 valence electrons. The fraction of sp³-hybridized carbons (Fsp3) is 0.259. The van der Waals surface area contributed by atoms with Gasteiger partial charge in [-0.2, -0.15) is 0 Å². The maximum atomic E-state index is 13.4. The number of amides is 2. The van der Waals surface area contributed by atoms with Crippen LogP contribution < -0.4 is 10.2 Å². The van der Waals surface area contributed by atoms with Crippen LogP contribution in [0.2, 0.25) is 0 Å². The zero-order chi connectivity index (χ0) is 21.9. The highest BCUT2D eigenvalue weighted by atomic mass is 16.2. The Morgan fingerprint density at radius 2 is 1.47 bits per heavy atom. The monoisotopic (exact) mass is 425 g/mol. The average Bonchev–Trinajstić information content (AvgIpc) is 3.14. The Labute approximate surface area is 188 Å². The van der Waals surface area contributed by atoms with Crippen molar-refractivity contribution in [2.75, 3.05) is 18.0 Å². The van der Waals surface area contributed by atoms with Gasteiger partial charge >= 0.3 is 0 Å². The van der Waals surface area contributed by atoms with Gasteiger partial charge in [0, 0.05) is 48.5 Å².